The van der Waals surface area contributed by atoms with Gasteiger partial charge in [-0.3, -0.25) is 0 Å². The second-order valence-electron chi connectivity index (χ2n) is 14.3. The van der Waals surface area contributed by atoms with Crippen LogP contribution < -0.4 is 0 Å². The minimum atomic E-state index is 0.295. The summed E-state index contributed by atoms with van der Waals surface area (Å²) >= 11 is 0. The zero-order valence-corrected chi connectivity index (χ0v) is 30.4. The molecular formula is C51H34N4O. The summed E-state index contributed by atoms with van der Waals surface area (Å²) in [5.41, 5.74) is 12.9. The lowest BCUT2D eigenvalue weighted by molar-refractivity contribution is 0.664. The summed E-state index contributed by atoms with van der Waals surface area (Å²) in [7, 11) is 0. The molecule has 0 radical (unpaired) electrons. The highest BCUT2D eigenvalue weighted by molar-refractivity contribution is 6.14. The Kier molecular flexibility index (Phi) is 7.56. The molecule has 1 aliphatic rings. The lowest BCUT2D eigenvalue weighted by atomic mass is 9.88. The average molecular weight is 719 g/mol. The molecule has 5 heteroatoms. The zero-order chi connectivity index (χ0) is 37.0. The topological polar surface area (TPSA) is 56.7 Å². The second-order valence-corrected chi connectivity index (χ2v) is 14.3. The van der Waals surface area contributed by atoms with Gasteiger partial charge in [-0.15, -0.1) is 0 Å². The summed E-state index contributed by atoms with van der Waals surface area (Å²) in [5.74, 6) is 2.22. The van der Waals surface area contributed by atoms with E-state index in [1.165, 1.54) is 27.7 Å². The maximum absolute atomic E-state index is 6.86. The van der Waals surface area contributed by atoms with Crippen molar-refractivity contribution in [3.8, 4) is 51.0 Å². The fraction of sp³-hybridized carbons (Fsp3) is 0.0392. The van der Waals surface area contributed by atoms with Gasteiger partial charge in [-0.05, 0) is 41.3 Å². The Morgan fingerprint density at radius 2 is 1.07 bits per heavy atom. The van der Waals surface area contributed by atoms with E-state index in [1.807, 2.05) is 60.7 Å². The lowest BCUT2D eigenvalue weighted by Gasteiger charge is -2.20. The van der Waals surface area contributed by atoms with Crippen molar-refractivity contribution < 1.29 is 4.42 Å². The van der Waals surface area contributed by atoms with Gasteiger partial charge in [0, 0.05) is 50.0 Å². The van der Waals surface area contributed by atoms with Crippen molar-refractivity contribution in [3.63, 3.8) is 0 Å². The number of nitrogens with zero attached hydrogens (tertiary/aromatic N) is 4. The second kappa shape index (κ2) is 13.2. The fourth-order valence-corrected chi connectivity index (χ4v) is 8.38. The highest BCUT2D eigenvalue weighted by Crippen LogP contribution is 2.43. The van der Waals surface area contributed by atoms with Crippen LogP contribution in [0.4, 0.5) is 0 Å². The molecule has 264 valence electrons. The summed E-state index contributed by atoms with van der Waals surface area (Å²) in [6.07, 6.45) is 5.58. The number of furan rings is 1. The molecule has 1 aliphatic carbocycles. The number of benzene rings is 7. The molecule has 0 N–H and O–H groups in total. The molecule has 0 fully saturated rings. The predicted octanol–water partition coefficient (Wildman–Crippen LogP) is 12.7. The molecule has 0 spiro atoms. The fourth-order valence-electron chi connectivity index (χ4n) is 8.38. The lowest BCUT2D eigenvalue weighted by Crippen LogP contribution is -2.10. The Morgan fingerprint density at radius 1 is 0.500 bits per heavy atom. The first-order valence-corrected chi connectivity index (χ1v) is 19.0. The number of aromatic nitrogens is 4. The number of allylic oxidation sites excluding steroid dienone is 1. The van der Waals surface area contributed by atoms with Crippen LogP contribution in [0.2, 0.25) is 0 Å². The summed E-state index contributed by atoms with van der Waals surface area (Å²) in [4.78, 5) is 14.8. The van der Waals surface area contributed by atoms with Gasteiger partial charge in [-0.25, -0.2) is 15.0 Å². The summed E-state index contributed by atoms with van der Waals surface area (Å²) in [6.45, 7) is 0. The molecule has 11 rings (SSSR count). The van der Waals surface area contributed by atoms with Crippen molar-refractivity contribution in [1.29, 1.82) is 0 Å². The molecule has 1 atom stereocenters. The van der Waals surface area contributed by atoms with Crippen molar-refractivity contribution in [3.05, 3.63) is 199 Å². The Hall–Kier alpha value is -7.37. The van der Waals surface area contributed by atoms with Crippen LogP contribution in [-0.2, 0) is 6.42 Å². The first-order valence-electron chi connectivity index (χ1n) is 19.0. The molecule has 0 amide bonds. The van der Waals surface area contributed by atoms with Crippen LogP contribution in [0.1, 0.15) is 22.7 Å². The third kappa shape index (κ3) is 5.36. The Morgan fingerprint density at radius 3 is 1.77 bits per heavy atom. The van der Waals surface area contributed by atoms with Gasteiger partial charge in [0.2, 0.25) is 0 Å². The summed E-state index contributed by atoms with van der Waals surface area (Å²) in [5, 5.41) is 3.44. The van der Waals surface area contributed by atoms with E-state index in [-0.39, 0.29) is 0 Å². The molecular weight excluding hydrogens is 685 g/mol. The third-order valence-corrected chi connectivity index (χ3v) is 11.0. The Labute approximate surface area is 323 Å². The van der Waals surface area contributed by atoms with Crippen LogP contribution in [0.5, 0.6) is 0 Å². The first kappa shape index (κ1) is 32.1. The molecule has 0 saturated heterocycles. The van der Waals surface area contributed by atoms with E-state index in [0.29, 0.717) is 23.4 Å². The smallest absolute Gasteiger partial charge is 0.164 e. The molecule has 3 heterocycles. The normalized spacial score (nSPS) is 13.8. The number of fused-ring (bicyclic) bond motifs is 6. The molecule has 0 saturated carbocycles. The molecule has 3 aromatic heterocycles. The maximum atomic E-state index is 6.86. The van der Waals surface area contributed by atoms with E-state index >= 15 is 0 Å². The van der Waals surface area contributed by atoms with Crippen LogP contribution in [0.3, 0.4) is 0 Å². The highest BCUT2D eigenvalue weighted by Gasteiger charge is 2.26. The van der Waals surface area contributed by atoms with Crippen LogP contribution in [0, 0.1) is 0 Å². The first-order chi connectivity index (χ1) is 27.8. The minimum Gasteiger partial charge on any atom is -0.454 e. The standard InChI is InChI=1S/C51H34N4O/c1-4-14-33(15-5-1)38-30-31-41-40-20-10-11-23-43(40)55(45(41)32-38)44-24-12-22-42-47-39(21-13-25-46(47)56-48(42)44)34-26-28-37(29-27-34)51-53-49(35-16-6-2-7-17-35)52-50(54-51)36-18-8-3-9-19-36/h1-31,38H,32H2. The van der Waals surface area contributed by atoms with Gasteiger partial charge < -0.3 is 8.98 Å². The predicted molar refractivity (Wildman–Crippen MR) is 228 cm³/mol. The van der Waals surface area contributed by atoms with Crippen LogP contribution in [-0.4, -0.2) is 19.5 Å². The van der Waals surface area contributed by atoms with Crippen molar-refractivity contribution in [2.24, 2.45) is 0 Å². The van der Waals surface area contributed by atoms with E-state index in [0.717, 1.165) is 61.9 Å². The van der Waals surface area contributed by atoms with Crippen LogP contribution >= 0.6 is 0 Å². The highest BCUT2D eigenvalue weighted by atomic mass is 16.3. The van der Waals surface area contributed by atoms with Gasteiger partial charge in [-0.1, -0.05) is 170 Å². The van der Waals surface area contributed by atoms with Crippen molar-refractivity contribution in [1.82, 2.24) is 19.5 Å². The quantitative estimate of drug-likeness (QED) is 0.172. The maximum Gasteiger partial charge on any atom is 0.164 e. The zero-order valence-electron chi connectivity index (χ0n) is 30.4. The molecule has 10 aromatic rings. The Balaban J connectivity index is 1.02. The largest absolute Gasteiger partial charge is 0.454 e. The molecule has 0 bridgehead atoms. The SMILES string of the molecule is C1=CC(c2ccccc2)Cc2c1c1ccccc1n2-c1cccc2c1oc1cccc(-c3ccc(-c4nc(-c5ccccc5)nc(-c5ccccc5)n4)cc3)c12. The van der Waals surface area contributed by atoms with Gasteiger partial charge in [0.1, 0.15) is 5.58 Å². The van der Waals surface area contributed by atoms with E-state index in [2.05, 4.69) is 132 Å². The van der Waals surface area contributed by atoms with Gasteiger partial charge in [0.15, 0.2) is 23.1 Å². The van der Waals surface area contributed by atoms with Crippen LogP contribution in [0.15, 0.2) is 186 Å². The molecule has 56 heavy (non-hydrogen) atoms. The van der Waals surface area contributed by atoms with Gasteiger partial charge in [0.25, 0.3) is 0 Å². The monoisotopic (exact) mass is 718 g/mol. The third-order valence-electron chi connectivity index (χ3n) is 11.0. The molecule has 1 unspecified atom stereocenters. The molecule has 0 aliphatic heterocycles. The van der Waals surface area contributed by atoms with E-state index in [1.54, 1.807) is 0 Å². The van der Waals surface area contributed by atoms with E-state index < -0.39 is 0 Å². The Bertz CT molecular complexity index is 3030. The van der Waals surface area contributed by atoms with Crippen molar-refractivity contribution >= 4 is 38.9 Å². The van der Waals surface area contributed by atoms with E-state index in [9.17, 15) is 0 Å². The van der Waals surface area contributed by atoms with Gasteiger partial charge >= 0.3 is 0 Å². The number of rotatable bonds is 6. The van der Waals surface area contributed by atoms with Crippen molar-refractivity contribution in [2.45, 2.75) is 12.3 Å². The van der Waals surface area contributed by atoms with Gasteiger partial charge in [-0.2, -0.15) is 0 Å². The molecule has 5 nitrogen and oxygen atoms in total. The van der Waals surface area contributed by atoms with E-state index in [4.69, 9.17) is 19.4 Å². The van der Waals surface area contributed by atoms with Crippen LogP contribution in [0.25, 0.3) is 89.9 Å². The van der Waals surface area contributed by atoms with Crippen molar-refractivity contribution in [2.75, 3.05) is 0 Å². The summed E-state index contributed by atoms with van der Waals surface area (Å²) < 4.78 is 9.29. The summed E-state index contributed by atoms with van der Waals surface area (Å²) in [6, 6.07) is 61.1. The minimum absolute atomic E-state index is 0.295. The average Bonchev–Trinajstić information content (AvgIpc) is 3.83. The molecule has 7 aromatic carbocycles. The number of hydrogen-bond donors (Lipinski definition) is 0. The number of para-hydroxylation sites is 2. The number of hydrogen-bond acceptors (Lipinski definition) is 4. The van der Waals surface area contributed by atoms with Gasteiger partial charge in [0.05, 0.1) is 11.2 Å².